The second kappa shape index (κ2) is 7.81. The maximum atomic E-state index is 12.3. The molecule has 0 aliphatic carbocycles. The van der Waals surface area contributed by atoms with Crippen LogP contribution in [-0.2, 0) is 0 Å². The highest BCUT2D eigenvalue weighted by molar-refractivity contribution is 5.89. The van der Waals surface area contributed by atoms with Crippen molar-refractivity contribution in [2.45, 2.75) is 32.2 Å². The number of anilines is 1. The van der Waals surface area contributed by atoms with Crippen molar-refractivity contribution in [2.75, 3.05) is 32.0 Å². The van der Waals surface area contributed by atoms with Crippen molar-refractivity contribution in [1.29, 1.82) is 5.26 Å². The summed E-state index contributed by atoms with van der Waals surface area (Å²) in [4.78, 5) is 16.6. The normalized spacial score (nSPS) is 16.0. The summed E-state index contributed by atoms with van der Waals surface area (Å²) in [6.07, 6.45) is 3.21. The van der Waals surface area contributed by atoms with E-state index in [0.29, 0.717) is 11.3 Å². The third-order valence-electron chi connectivity index (χ3n) is 4.21. The first-order valence-corrected chi connectivity index (χ1v) is 7.90. The summed E-state index contributed by atoms with van der Waals surface area (Å²) in [6.45, 7) is 5.45. The summed E-state index contributed by atoms with van der Waals surface area (Å²) < 4.78 is 0. The Morgan fingerprint density at radius 2 is 2.18 bits per heavy atom. The van der Waals surface area contributed by atoms with Crippen LogP contribution in [-0.4, -0.2) is 48.6 Å². The third kappa shape index (κ3) is 4.22. The second-order valence-corrected chi connectivity index (χ2v) is 5.81. The lowest BCUT2D eigenvalue weighted by atomic mass is 10.0. The van der Waals surface area contributed by atoms with Crippen LogP contribution in [0.2, 0.25) is 0 Å². The molecule has 1 aromatic carbocycles. The van der Waals surface area contributed by atoms with Gasteiger partial charge in [0, 0.05) is 31.9 Å². The van der Waals surface area contributed by atoms with E-state index in [9.17, 15) is 4.79 Å². The van der Waals surface area contributed by atoms with Gasteiger partial charge < -0.3 is 15.1 Å². The zero-order chi connectivity index (χ0) is 15.9. The van der Waals surface area contributed by atoms with Gasteiger partial charge in [-0.3, -0.25) is 0 Å². The van der Waals surface area contributed by atoms with Crippen molar-refractivity contribution in [3.05, 3.63) is 29.8 Å². The first-order valence-electron chi connectivity index (χ1n) is 7.90. The van der Waals surface area contributed by atoms with Crippen molar-refractivity contribution >= 4 is 11.7 Å². The highest BCUT2D eigenvalue weighted by Crippen LogP contribution is 2.17. The third-order valence-corrected chi connectivity index (χ3v) is 4.21. The van der Waals surface area contributed by atoms with Crippen LogP contribution < -0.4 is 5.32 Å². The summed E-state index contributed by atoms with van der Waals surface area (Å²) in [5, 5.41) is 11.8. The number of nitrogens with one attached hydrogen (secondary N) is 1. The molecule has 0 radical (unpaired) electrons. The Balaban J connectivity index is 1.88. The van der Waals surface area contributed by atoms with Gasteiger partial charge in [0.1, 0.15) is 0 Å². The minimum atomic E-state index is -0.107. The summed E-state index contributed by atoms with van der Waals surface area (Å²) in [7, 11) is 1.85. The van der Waals surface area contributed by atoms with Gasteiger partial charge in [0.2, 0.25) is 0 Å². The molecule has 1 saturated heterocycles. The molecule has 0 bridgehead atoms. The van der Waals surface area contributed by atoms with Crippen LogP contribution in [0.1, 0.15) is 31.7 Å². The molecule has 118 valence electrons. The molecule has 0 aromatic heterocycles. The van der Waals surface area contributed by atoms with Crippen LogP contribution in [0.25, 0.3) is 0 Å². The number of nitrogens with zero attached hydrogens (tertiary/aromatic N) is 3. The maximum absolute atomic E-state index is 12.3. The van der Waals surface area contributed by atoms with E-state index in [1.807, 2.05) is 7.05 Å². The predicted molar refractivity (Wildman–Crippen MR) is 87.7 cm³/mol. The Morgan fingerprint density at radius 3 is 2.82 bits per heavy atom. The van der Waals surface area contributed by atoms with Gasteiger partial charge in [0.15, 0.2) is 0 Å². The van der Waals surface area contributed by atoms with Crippen LogP contribution in [0.15, 0.2) is 24.3 Å². The minimum absolute atomic E-state index is 0.107. The number of urea groups is 1. The van der Waals surface area contributed by atoms with Gasteiger partial charge in [0.25, 0.3) is 0 Å². The fourth-order valence-electron chi connectivity index (χ4n) is 2.89. The van der Waals surface area contributed by atoms with Gasteiger partial charge in [-0.15, -0.1) is 0 Å². The number of amides is 2. The van der Waals surface area contributed by atoms with E-state index in [2.05, 4.69) is 23.2 Å². The molecule has 5 nitrogen and oxygen atoms in total. The zero-order valence-electron chi connectivity index (χ0n) is 13.4. The van der Waals surface area contributed by atoms with Gasteiger partial charge in [-0.2, -0.15) is 5.26 Å². The van der Waals surface area contributed by atoms with Crippen LogP contribution >= 0.6 is 0 Å². The van der Waals surface area contributed by atoms with Crippen molar-refractivity contribution in [2.24, 2.45) is 0 Å². The lowest BCUT2D eigenvalue weighted by Gasteiger charge is -2.36. The predicted octanol–water partition coefficient (Wildman–Crippen LogP) is 2.90. The molecule has 1 aliphatic heterocycles. The number of nitriles is 1. The van der Waals surface area contributed by atoms with Gasteiger partial charge in [-0.25, -0.2) is 4.79 Å². The van der Waals surface area contributed by atoms with Crippen LogP contribution in [0.3, 0.4) is 0 Å². The highest BCUT2D eigenvalue weighted by Gasteiger charge is 2.24. The molecule has 0 saturated carbocycles. The minimum Gasteiger partial charge on any atom is -0.325 e. The Morgan fingerprint density at radius 1 is 1.45 bits per heavy atom. The average molecular weight is 300 g/mol. The molecule has 2 rings (SSSR count). The molecule has 0 atom stereocenters. The summed E-state index contributed by atoms with van der Waals surface area (Å²) in [5.74, 6) is 0. The first kappa shape index (κ1) is 16.3. The van der Waals surface area contributed by atoms with Gasteiger partial charge in [0.05, 0.1) is 11.6 Å². The van der Waals surface area contributed by atoms with Crippen LogP contribution in [0.4, 0.5) is 10.5 Å². The first-order chi connectivity index (χ1) is 10.6. The second-order valence-electron chi connectivity index (χ2n) is 5.81. The lowest BCUT2D eigenvalue weighted by molar-refractivity contribution is 0.141. The Labute approximate surface area is 132 Å². The van der Waals surface area contributed by atoms with E-state index in [-0.39, 0.29) is 12.1 Å². The fourth-order valence-corrected chi connectivity index (χ4v) is 2.89. The standard InChI is InChI=1S/C17H24N4O/c1-3-9-21-10-7-16(8-11-21)20(2)17(22)19-15-6-4-5-14(12-15)13-18/h4-6,12,16H,3,7-11H2,1-2H3,(H,19,22). The number of hydrogen-bond acceptors (Lipinski definition) is 3. The molecule has 1 N–H and O–H groups in total. The molecule has 1 heterocycles. The van der Waals surface area contributed by atoms with E-state index in [0.717, 1.165) is 32.5 Å². The van der Waals surface area contributed by atoms with E-state index in [1.165, 1.54) is 6.42 Å². The Kier molecular flexibility index (Phi) is 5.79. The van der Waals surface area contributed by atoms with Crippen molar-refractivity contribution < 1.29 is 4.79 Å². The average Bonchev–Trinajstić information content (AvgIpc) is 2.55. The summed E-state index contributed by atoms with van der Waals surface area (Å²) >= 11 is 0. The maximum Gasteiger partial charge on any atom is 0.321 e. The molecule has 1 fully saturated rings. The van der Waals surface area contributed by atoms with Gasteiger partial charge in [-0.05, 0) is 44.0 Å². The van der Waals surface area contributed by atoms with E-state index >= 15 is 0 Å². The van der Waals surface area contributed by atoms with Crippen molar-refractivity contribution in [3.63, 3.8) is 0 Å². The Hall–Kier alpha value is -2.06. The van der Waals surface area contributed by atoms with Gasteiger partial charge in [-0.1, -0.05) is 13.0 Å². The summed E-state index contributed by atoms with van der Waals surface area (Å²) in [5.41, 5.74) is 1.22. The van der Waals surface area contributed by atoms with Crippen LogP contribution in [0.5, 0.6) is 0 Å². The molecule has 0 spiro atoms. The number of hydrogen-bond donors (Lipinski definition) is 1. The number of benzene rings is 1. The number of likely N-dealkylation sites (tertiary alicyclic amines) is 1. The Bertz CT molecular complexity index is 544. The number of rotatable bonds is 4. The van der Waals surface area contributed by atoms with E-state index in [1.54, 1.807) is 29.2 Å². The SMILES string of the molecule is CCCN1CCC(N(C)C(=O)Nc2cccc(C#N)c2)CC1. The number of carbonyl (C=O) groups is 1. The van der Waals surface area contributed by atoms with Gasteiger partial charge >= 0.3 is 6.03 Å². The number of carbonyl (C=O) groups excluding carboxylic acids is 1. The quantitative estimate of drug-likeness (QED) is 0.930. The zero-order valence-corrected chi connectivity index (χ0v) is 13.4. The van der Waals surface area contributed by atoms with Crippen molar-refractivity contribution in [1.82, 2.24) is 9.80 Å². The largest absolute Gasteiger partial charge is 0.325 e. The molecular weight excluding hydrogens is 276 g/mol. The molecule has 2 amide bonds. The topological polar surface area (TPSA) is 59.4 Å². The highest BCUT2D eigenvalue weighted by atomic mass is 16.2. The van der Waals surface area contributed by atoms with Crippen molar-refractivity contribution in [3.8, 4) is 6.07 Å². The van der Waals surface area contributed by atoms with E-state index < -0.39 is 0 Å². The molecule has 22 heavy (non-hydrogen) atoms. The molecule has 1 aliphatic rings. The number of piperidine rings is 1. The fraction of sp³-hybridized carbons (Fsp3) is 0.529. The smallest absolute Gasteiger partial charge is 0.321 e. The molecule has 0 unspecified atom stereocenters. The molecule has 1 aromatic rings. The lowest BCUT2D eigenvalue weighted by Crippen LogP contribution is -2.47. The van der Waals surface area contributed by atoms with E-state index in [4.69, 9.17) is 5.26 Å². The molecule has 5 heteroatoms. The van der Waals surface area contributed by atoms with Crippen LogP contribution in [0, 0.1) is 11.3 Å². The molecular formula is C17H24N4O. The summed E-state index contributed by atoms with van der Waals surface area (Å²) in [6, 6.07) is 9.25. The monoisotopic (exact) mass is 300 g/mol.